The van der Waals surface area contributed by atoms with E-state index in [1.165, 1.54) is 28.7 Å². The van der Waals surface area contributed by atoms with Gasteiger partial charge in [-0.25, -0.2) is 4.98 Å². The number of thiophene rings is 1. The molecular formula is C24H27N3O3S2. The van der Waals surface area contributed by atoms with Crippen LogP contribution in [-0.4, -0.2) is 51.9 Å². The van der Waals surface area contributed by atoms with Gasteiger partial charge in [-0.05, 0) is 18.9 Å². The second-order valence-electron chi connectivity index (χ2n) is 7.82. The van der Waals surface area contributed by atoms with Crippen LogP contribution in [0.1, 0.15) is 18.9 Å². The highest BCUT2D eigenvalue weighted by Crippen LogP contribution is 2.32. The number of carbonyl (C=O) groups excluding carboxylic acids is 1. The minimum Gasteiger partial charge on any atom is -0.375 e. The van der Waals surface area contributed by atoms with Gasteiger partial charge in [-0.3, -0.25) is 14.2 Å². The van der Waals surface area contributed by atoms with Gasteiger partial charge in [-0.15, -0.1) is 17.9 Å². The van der Waals surface area contributed by atoms with Gasteiger partial charge in [0.15, 0.2) is 5.16 Å². The van der Waals surface area contributed by atoms with Crippen LogP contribution in [0.2, 0.25) is 0 Å². The minimum atomic E-state index is -0.0981. The SMILES string of the molecule is C=CCn1c(SCC(=O)N2CCOC(CC)C2)nc2scc(-c3ccc(C)cc3)c2c1=O. The maximum absolute atomic E-state index is 13.4. The highest BCUT2D eigenvalue weighted by molar-refractivity contribution is 7.99. The first-order valence-electron chi connectivity index (χ1n) is 10.7. The Hall–Kier alpha value is -2.42. The second-order valence-corrected chi connectivity index (χ2v) is 9.62. The van der Waals surface area contributed by atoms with Gasteiger partial charge < -0.3 is 9.64 Å². The van der Waals surface area contributed by atoms with E-state index >= 15 is 0 Å². The predicted octanol–water partition coefficient (Wildman–Crippen LogP) is 4.35. The van der Waals surface area contributed by atoms with E-state index in [0.717, 1.165) is 17.5 Å². The molecule has 1 aliphatic rings. The number of morpholine rings is 1. The van der Waals surface area contributed by atoms with Crippen LogP contribution in [0.4, 0.5) is 0 Å². The third-order valence-corrected chi connectivity index (χ3v) is 7.44. The van der Waals surface area contributed by atoms with E-state index in [2.05, 4.69) is 13.5 Å². The average molecular weight is 470 g/mol. The molecule has 4 rings (SSSR count). The van der Waals surface area contributed by atoms with Gasteiger partial charge in [0.05, 0.1) is 23.8 Å². The number of carbonyl (C=O) groups is 1. The predicted molar refractivity (Wildman–Crippen MR) is 132 cm³/mol. The molecule has 0 N–H and O–H groups in total. The lowest BCUT2D eigenvalue weighted by Gasteiger charge is -2.32. The fourth-order valence-corrected chi connectivity index (χ4v) is 5.66. The molecule has 1 aromatic carbocycles. The number of ether oxygens (including phenoxy) is 1. The van der Waals surface area contributed by atoms with Crippen LogP contribution in [0.3, 0.4) is 0 Å². The van der Waals surface area contributed by atoms with Crippen LogP contribution in [-0.2, 0) is 16.1 Å². The Labute approximate surface area is 195 Å². The molecule has 1 fully saturated rings. The number of thioether (sulfide) groups is 1. The molecule has 6 nitrogen and oxygen atoms in total. The smallest absolute Gasteiger partial charge is 0.263 e. The van der Waals surface area contributed by atoms with Gasteiger partial charge >= 0.3 is 0 Å². The number of nitrogens with zero attached hydrogens (tertiary/aromatic N) is 3. The Balaban J connectivity index is 1.62. The topological polar surface area (TPSA) is 64.4 Å². The summed E-state index contributed by atoms with van der Waals surface area (Å²) in [6.07, 6.45) is 2.67. The fraction of sp³-hybridized carbons (Fsp3) is 0.375. The molecule has 0 saturated carbocycles. The van der Waals surface area contributed by atoms with Crippen LogP contribution in [0.15, 0.2) is 52.3 Å². The van der Waals surface area contributed by atoms with Crippen molar-refractivity contribution in [2.24, 2.45) is 0 Å². The lowest BCUT2D eigenvalue weighted by molar-refractivity contribution is -0.135. The first-order valence-corrected chi connectivity index (χ1v) is 12.6. The number of hydrogen-bond donors (Lipinski definition) is 0. The molecule has 3 heterocycles. The first-order chi connectivity index (χ1) is 15.5. The summed E-state index contributed by atoms with van der Waals surface area (Å²) in [5.41, 5.74) is 2.97. The lowest BCUT2D eigenvalue weighted by atomic mass is 10.1. The zero-order valence-electron chi connectivity index (χ0n) is 18.4. The fourth-order valence-electron chi connectivity index (χ4n) is 3.76. The number of allylic oxidation sites excluding steroid dienone is 1. The van der Waals surface area contributed by atoms with E-state index in [1.807, 2.05) is 41.5 Å². The normalized spacial score (nSPS) is 16.4. The maximum atomic E-state index is 13.4. The van der Waals surface area contributed by atoms with E-state index in [-0.39, 0.29) is 23.3 Å². The largest absolute Gasteiger partial charge is 0.375 e. The quantitative estimate of drug-likeness (QED) is 0.292. The summed E-state index contributed by atoms with van der Waals surface area (Å²) in [6.45, 7) is 10.0. The lowest BCUT2D eigenvalue weighted by Crippen LogP contribution is -2.46. The van der Waals surface area contributed by atoms with Crippen molar-refractivity contribution in [3.63, 3.8) is 0 Å². The monoisotopic (exact) mass is 469 g/mol. The third kappa shape index (κ3) is 4.67. The summed E-state index contributed by atoms with van der Waals surface area (Å²) in [6, 6.07) is 8.14. The van der Waals surface area contributed by atoms with Crippen LogP contribution in [0.25, 0.3) is 21.3 Å². The Morgan fingerprint density at radius 2 is 2.16 bits per heavy atom. The summed E-state index contributed by atoms with van der Waals surface area (Å²) < 4.78 is 7.28. The Bertz CT molecular complexity index is 1180. The first kappa shape index (κ1) is 22.8. The molecule has 0 spiro atoms. The molecule has 1 saturated heterocycles. The van der Waals surface area contributed by atoms with Gasteiger partial charge in [-0.2, -0.15) is 0 Å². The van der Waals surface area contributed by atoms with Crippen molar-refractivity contribution in [3.05, 3.63) is 58.2 Å². The van der Waals surface area contributed by atoms with Crippen molar-refractivity contribution < 1.29 is 9.53 Å². The van der Waals surface area contributed by atoms with E-state index in [0.29, 0.717) is 41.6 Å². The zero-order chi connectivity index (χ0) is 22.7. The molecule has 32 heavy (non-hydrogen) atoms. The number of benzene rings is 1. The number of fused-ring (bicyclic) bond motifs is 1. The van der Waals surface area contributed by atoms with Crippen LogP contribution < -0.4 is 5.56 Å². The van der Waals surface area contributed by atoms with Crippen molar-refractivity contribution in [3.8, 4) is 11.1 Å². The number of aromatic nitrogens is 2. The van der Waals surface area contributed by atoms with E-state index in [4.69, 9.17) is 9.72 Å². The van der Waals surface area contributed by atoms with Gasteiger partial charge in [-0.1, -0.05) is 54.6 Å². The maximum Gasteiger partial charge on any atom is 0.263 e. The van der Waals surface area contributed by atoms with Crippen LogP contribution in [0, 0.1) is 6.92 Å². The van der Waals surface area contributed by atoms with Gasteiger partial charge in [0.1, 0.15) is 4.83 Å². The Kier molecular flexibility index (Phi) is 7.13. The molecule has 1 aliphatic heterocycles. The summed E-state index contributed by atoms with van der Waals surface area (Å²) in [5, 5.41) is 3.16. The molecule has 0 bridgehead atoms. The molecule has 0 radical (unpaired) electrons. The molecule has 2 aromatic heterocycles. The summed E-state index contributed by atoms with van der Waals surface area (Å²) in [4.78, 5) is 33.5. The summed E-state index contributed by atoms with van der Waals surface area (Å²) in [5.74, 6) is 0.282. The van der Waals surface area contributed by atoms with Crippen LogP contribution >= 0.6 is 23.1 Å². The van der Waals surface area contributed by atoms with Crippen molar-refractivity contribution in [1.82, 2.24) is 14.5 Å². The summed E-state index contributed by atoms with van der Waals surface area (Å²) in [7, 11) is 0. The minimum absolute atomic E-state index is 0.0442. The molecule has 1 unspecified atom stereocenters. The van der Waals surface area contributed by atoms with Crippen molar-refractivity contribution in [2.45, 2.75) is 38.1 Å². The van der Waals surface area contributed by atoms with Crippen molar-refractivity contribution in [1.29, 1.82) is 0 Å². The molecule has 1 atom stereocenters. The van der Waals surface area contributed by atoms with E-state index < -0.39 is 0 Å². The zero-order valence-corrected chi connectivity index (χ0v) is 20.0. The van der Waals surface area contributed by atoms with Gasteiger partial charge in [0.25, 0.3) is 5.56 Å². The molecule has 1 amide bonds. The second kappa shape index (κ2) is 10.0. The Morgan fingerprint density at radius 3 is 2.88 bits per heavy atom. The standard InChI is InChI=1S/C24H27N3O3S2/c1-4-10-27-23(29)21-19(17-8-6-16(3)7-9-17)14-31-22(21)25-24(27)32-15-20(28)26-11-12-30-18(5-2)13-26/h4,6-9,14,18H,1,5,10-13,15H2,2-3H3. The van der Waals surface area contributed by atoms with Gasteiger partial charge in [0.2, 0.25) is 5.91 Å². The van der Waals surface area contributed by atoms with E-state index in [1.54, 1.807) is 10.6 Å². The third-order valence-electron chi connectivity index (χ3n) is 5.60. The molecule has 8 heteroatoms. The van der Waals surface area contributed by atoms with Crippen LogP contribution in [0.5, 0.6) is 0 Å². The number of amides is 1. The number of rotatable bonds is 7. The summed E-state index contributed by atoms with van der Waals surface area (Å²) >= 11 is 2.77. The molecule has 3 aromatic rings. The number of aryl methyl sites for hydroxylation is 1. The van der Waals surface area contributed by atoms with Gasteiger partial charge in [0, 0.05) is 30.6 Å². The number of hydrogen-bond acceptors (Lipinski definition) is 6. The molecular weight excluding hydrogens is 442 g/mol. The van der Waals surface area contributed by atoms with Crippen molar-refractivity contribution in [2.75, 3.05) is 25.4 Å². The van der Waals surface area contributed by atoms with E-state index in [9.17, 15) is 9.59 Å². The molecule has 0 aliphatic carbocycles. The highest BCUT2D eigenvalue weighted by Gasteiger charge is 2.24. The van der Waals surface area contributed by atoms with Crippen molar-refractivity contribution >= 4 is 39.2 Å². The Morgan fingerprint density at radius 1 is 1.38 bits per heavy atom. The highest BCUT2D eigenvalue weighted by atomic mass is 32.2. The average Bonchev–Trinajstić information content (AvgIpc) is 3.24. The molecule has 168 valence electrons.